The van der Waals surface area contributed by atoms with E-state index in [0.29, 0.717) is 11.5 Å². The van der Waals surface area contributed by atoms with Crippen molar-refractivity contribution in [3.05, 3.63) is 35.4 Å². The van der Waals surface area contributed by atoms with E-state index in [1.165, 1.54) is 5.56 Å². The second kappa shape index (κ2) is 7.44. The second-order valence-electron chi connectivity index (χ2n) is 4.78. The van der Waals surface area contributed by atoms with Crippen molar-refractivity contribution < 1.29 is 18.6 Å². The normalized spacial score (nSPS) is 13.3. The molecule has 1 aromatic carbocycles. The summed E-state index contributed by atoms with van der Waals surface area (Å²) in [6, 6.07) is 7.53. The van der Waals surface area contributed by atoms with Crippen molar-refractivity contribution in [2.75, 3.05) is 13.2 Å². The molecule has 0 saturated heterocycles. The van der Waals surface area contributed by atoms with Crippen molar-refractivity contribution in [1.29, 1.82) is 0 Å². The van der Waals surface area contributed by atoms with Crippen molar-refractivity contribution in [2.45, 2.75) is 32.8 Å². The molecule has 4 heteroatoms. The number of halogens is 2. The number of benzene rings is 1. The summed E-state index contributed by atoms with van der Waals surface area (Å²) in [5, 5.41) is 9.74. The lowest BCUT2D eigenvalue weighted by molar-refractivity contribution is -0.0204. The van der Waals surface area contributed by atoms with Gasteiger partial charge in [-0.3, -0.25) is 0 Å². The number of rotatable bonds is 7. The topological polar surface area (TPSA) is 29.5 Å². The molecule has 0 heterocycles. The smallest absolute Gasteiger partial charge is 0.261 e. The Morgan fingerprint density at radius 3 is 2.22 bits per heavy atom. The molecular weight excluding hydrogens is 238 g/mol. The predicted octanol–water partition coefficient (Wildman–Crippen LogP) is 3.20. The van der Waals surface area contributed by atoms with Crippen LogP contribution in [-0.2, 0) is 11.2 Å². The Labute approximate surface area is 107 Å². The van der Waals surface area contributed by atoms with Crippen LogP contribution in [-0.4, -0.2) is 24.7 Å². The Balaban J connectivity index is 2.46. The Bertz CT molecular complexity index is 336. The van der Waals surface area contributed by atoms with E-state index < -0.39 is 19.1 Å². The summed E-state index contributed by atoms with van der Waals surface area (Å²) in [5.74, 6) is 0.579. The van der Waals surface area contributed by atoms with Gasteiger partial charge in [-0.15, -0.1) is 0 Å². The van der Waals surface area contributed by atoms with Gasteiger partial charge in [-0.2, -0.15) is 0 Å². The fourth-order valence-electron chi connectivity index (χ4n) is 1.71. The van der Waals surface area contributed by atoms with Crippen molar-refractivity contribution >= 4 is 0 Å². The minimum Gasteiger partial charge on any atom is -0.386 e. The van der Waals surface area contributed by atoms with E-state index in [4.69, 9.17) is 4.74 Å². The fourth-order valence-corrected chi connectivity index (χ4v) is 1.71. The average molecular weight is 258 g/mol. The van der Waals surface area contributed by atoms with Gasteiger partial charge in [0.2, 0.25) is 0 Å². The zero-order valence-electron chi connectivity index (χ0n) is 10.8. The van der Waals surface area contributed by atoms with Gasteiger partial charge in [-0.05, 0) is 23.5 Å². The molecule has 1 unspecified atom stereocenters. The summed E-state index contributed by atoms with van der Waals surface area (Å²) in [7, 11) is 0. The molecule has 0 aliphatic heterocycles. The molecule has 0 aliphatic carbocycles. The van der Waals surface area contributed by atoms with Crippen molar-refractivity contribution in [1.82, 2.24) is 0 Å². The summed E-state index contributed by atoms with van der Waals surface area (Å²) >= 11 is 0. The monoisotopic (exact) mass is 258 g/mol. The highest BCUT2D eigenvalue weighted by molar-refractivity contribution is 5.24. The maximum absolute atomic E-state index is 11.9. The average Bonchev–Trinajstić information content (AvgIpc) is 2.28. The molecule has 102 valence electrons. The molecule has 0 saturated carbocycles. The molecule has 1 N–H and O–H groups in total. The summed E-state index contributed by atoms with van der Waals surface area (Å²) in [6.45, 7) is 3.54. The number of aliphatic hydroxyl groups is 1. The number of ether oxygens (including phenoxy) is 1. The van der Waals surface area contributed by atoms with Crippen LogP contribution in [0.4, 0.5) is 8.78 Å². The van der Waals surface area contributed by atoms with E-state index in [-0.39, 0.29) is 6.61 Å². The van der Waals surface area contributed by atoms with Crippen molar-refractivity contribution in [3.63, 3.8) is 0 Å². The summed E-state index contributed by atoms with van der Waals surface area (Å²) in [6.07, 6.45) is -2.36. The van der Waals surface area contributed by atoms with Gasteiger partial charge in [-0.1, -0.05) is 38.1 Å². The molecule has 18 heavy (non-hydrogen) atoms. The van der Waals surface area contributed by atoms with Gasteiger partial charge < -0.3 is 9.84 Å². The molecular formula is C14H20F2O2. The van der Waals surface area contributed by atoms with Gasteiger partial charge in [-0.25, -0.2) is 8.78 Å². The Morgan fingerprint density at radius 1 is 1.11 bits per heavy atom. The molecule has 1 rings (SSSR count). The Kier molecular flexibility index (Phi) is 6.22. The Hall–Kier alpha value is -1.00. The third kappa shape index (κ3) is 5.56. The number of hydrogen-bond donors (Lipinski definition) is 1. The van der Waals surface area contributed by atoms with Gasteiger partial charge in [0.15, 0.2) is 0 Å². The molecule has 0 radical (unpaired) electrons. The molecule has 0 aliphatic rings. The number of aliphatic hydroxyl groups excluding tert-OH is 1. The molecule has 0 bridgehead atoms. The highest BCUT2D eigenvalue weighted by Gasteiger charge is 2.10. The molecule has 1 atom stereocenters. The third-order valence-corrected chi connectivity index (χ3v) is 2.53. The summed E-state index contributed by atoms with van der Waals surface area (Å²) in [4.78, 5) is 0. The standard InChI is InChI=1S/C14H20F2O2/c1-10(2)7-11-3-5-12(6-4-11)13(17)8-18-9-14(15)16/h3-6,10,13-14,17H,7-9H2,1-2H3. The first-order valence-corrected chi connectivity index (χ1v) is 6.12. The minimum absolute atomic E-state index is 0.103. The maximum atomic E-state index is 11.9. The van der Waals surface area contributed by atoms with Crippen LogP contribution in [0, 0.1) is 5.92 Å². The summed E-state index contributed by atoms with van der Waals surface area (Å²) < 4.78 is 28.4. The SMILES string of the molecule is CC(C)Cc1ccc(C(O)COCC(F)F)cc1. The molecule has 0 aromatic heterocycles. The lowest BCUT2D eigenvalue weighted by Gasteiger charge is -2.12. The van der Waals surface area contributed by atoms with Crippen LogP contribution < -0.4 is 0 Å². The van der Waals surface area contributed by atoms with Crippen LogP contribution in [0.2, 0.25) is 0 Å². The highest BCUT2D eigenvalue weighted by Crippen LogP contribution is 2.16. The molecule has 0 amide bonds. The van der Waals surface area contributed by atoms with E-state index >= 15 is 0 Å². The highest BCUT2D eigenvalue weighted by atomic mass is 19.3. The van der Waals surface area contributed by atoms with Gasteiger partial charge >= 0.3 is 0 Å². The van der Waals surface area contributed by atoms with Crippen LogP contribution in [0.25, 0.3) is 0 Å². The first-order valence-electron chi connectivity index (χ1n) is 6.12. The molecule has 1 aromatic rings. The predicted molar refractivity (Wildman–Crippen MR) is 66.8 cm³/mol. The van der Waals surface area contributed by atoms with E-state index in [9.17, 15) is 13.9 Å². The van der Waals surface area contributed by atoms with E-state index in [0.717, 1.165) is 6.42 Å². The first kappa shape index (κ1) is 15.1. The lowest BCUT2D eigenvalue weighted by Crippen LogP contribution is -2.11. The van der Waals surface area contributed by atoms with Crippen LogP contribution in [0.5, 0.6) is 0 Å². The Morgan fingerprint density at radius 2 is 1.72 bits per heavy atom. The van der Waals surface area contributed by atoms with Crippen LogP contribution in [0.15, 0.2) is 24.3 Å². The molecule has 0 spiro atoms. The first-order chi connectivity index (χ1) is 8.49. The summed E-state index contributed by atoms with van der Waals surface area (Å²) in [5.41, 5.74) is 1.89. The second-order valence-corrected chi connectivity index (χ2v) is 4.78. The quantitative estimate of drug-likeness (QED) is 0.813. The maximum Gasteiger partial charge on any atom is 0.261 e. The van der Waals surface area contributed by atoms with Gasteiger partial charge in [0.25, 0.3) is 6.43 Å². The van der Waals surface area contributed by atoms with Gasteiger partial charge in [0, 0.05) is 0 Å². The molecule has 2 nitrogen and oxygen atoms in total. The third-order valence-electron chi connectivity index (χ3n) is 2.53. The van der Waals surface area contributed by atoms with E-state index in [1.807, 2.05) is 24.3 Å². The fraction of sp³-hybridized carbons (Fsp3) is 0.571. The number of hydrogen-bond acceptors (Lipinski definition) is 2. The van der Waals surface area contributed by atoms with Gasteiger partial charge in [0.05, 0.1) is 6.61 Å². The minimum atomic E-state index is -2.49. The van der Waals surface area contributed by atoms with E-state index in [1.54, 1.807) is 0 Å². The van der Waals surface area contributed by atoms with Gasteiger partial charge in [0.1, 0.15) is 12.7 Å². The van der Waals surface area contributed by atoms with E-state index in [2.05, 4.69) is 13.8 Å². The van der Waals surface area contributed by atoms with Crippen LogP contribution in [0.3, 0.4) is 0 Å². The lowest BCUT2D eigenvalue weighted by atomic mass is 10.0. The van der Waals surface area contributed by atoms with Crippen molar-refractivity contribution in [3.8, 4) is 0 Å². The van der Waals surface area contributed by atoms with Crippen LogP contribution >= 0.6 is 0 Å². The van der Waals surface area contributed by atoms with Crippen LogP contribution in [0.1, 0.15) is 31.1 Å². The van der Waals surface area contributed by atoms with Crippen molar-refractivity contribution in [2.24, 2.45) is 5.92 Å². The molecule has 0 fully saturated rings. The largest absolute Gasteiger partial charge is 0.386 e. The number of alkyl halides is 2. The zero-order chi connectivity index (χ0) is 13.5. The zero-order valence-corrected chi connectivity index (χ0v) is 10.8.